The van der Waals surface area contributed by atoms with Crippen LogP contribution in [0.3, 0.4) is 0 Å². The van der Waals surface area contributed by atoms with E-state index in [-0.39, 0.29) is 18.4 Å². The number of anilines is 1. The summed E-state index contributed by atoms with van der Waals surface area (Å²) >= 11 is 1.52. The quantitative estimate of drug-likeness (QED) is 0.599. The number of hydrogen-bond acceptors (Lipinski definition) is 5. The molecule has 0 aliphatic carbocycles. The topological polar surface area (TPSA) is 75.1 Å². The first-order valence-electron chi connectivity index (χ1n) is 5.37. The predicted octanol–water partition coefficient (Wildman–Crippen LogP) is 2.11. The SMILES string of the molecule is CSc1cc(NC(CC(=O)O)C(C)C)ncn1. The van der Waals surface area contributed by atoms with Gasteiger partial charge in [0, 0.05) is 12.1 Å². The van der Waals surface area contributed by atoms with Crippen molar-refractivity contribution in [2.75, 3.05) is 11.6 Å². The number of rotatable bonds is 6. The first-order valence-corrected chi connectivity index (χ1v) is 6.59. The van der Waals surface area contributed by atoms with Gasteiger partial charge in [-0.3, -0.25) is 4.79 Å². The fourth-order valence-corrected chi connectivity index (χ4v) is 1.74. The Balaban J connectivity index is 2.74. The molecule has 1 aromatic rings. The third kappa shape index (κ3) is 4.60. The van der Waals surface area contributed by atoms with Gasteiger partial charge in [-0.1, -0.05) is 13.8 Å². The molecule has 1 rings (SSSR count). The van der Waals surface area contributed by atoms with Gasteiger partial charge in [-0.05, 0) is 12.2 Å². The van der Waals surface area contributed by atoms with E-state index in [1.807, 2.05) is 26.2 Å². The number of carboxylic acids is 1. The molecule has 0 radical (unpaired) electrons. The maximum Gasteiger partial charge on any atom is 0.305 e. The average molecular weight is 255 g/mol. The molecular formula is C11H17N3O2S. The molecule has 1 heterocycles. The Bertz CT molecular complexity index is 385. The van der Waals surface area contributed by atoms with Crippen LogP contribution < -0.4 is 5.32 Å². The fourth-order valence-electron chi connectivity index (χ4n) is 1.36. The van der Waals surface area contributed by atoms with E-state index in [4.69, 9.17) is 5.11 Å². The van der Waals surface area contributed by atoms with E-state index in [0.717, 1.165) is 5.03 Å². The number of nitrogens with one attached hydrogen (secondary N) is 1. The molecule has 2 N–H and O–H groups in total. The van der Waals surface area contributed by atoms with Crippen molar-refractivity contribution in [2.45, 2.75) is 31.3 Å². The van der Waals surface area contributed by atoms with E-state index in [0.29, 0.717) is 5.82 Å². The second-order valence-corrected chi connectivity index (χ2v) is 4.86. The molecule has 0 saturated heterocycles. The zero-order chi connectivity index (χ0) is 12.8. The van der Waals surface area contributed by atoms with Crippen molar-refractivity contribution in [3.05, 3.63) is 12.4 Å². The van der Waals surface area contributed by atoms with Gasteiger partial charge in [-0.25, -0.2) is 9.97 Å². The maximum atomic E-state index is 10.8. The Labute approximate surface area is 105 Å². The lowest BCUT2D eigenvalue weighted by Gasteiger charge is -2.21. The molecule has 94 valence electrons. The van der Waals surface area contributed by atoms with Gasteiger partial charge >= 0.3 is 5.97 Å². The monoisotopic (exact) mass is 255 g/mol. The Kier molecular flexibility index (Phi) is 5.21. The van der Waals surface area contributed by atoms with E-state index in [2.05, 4.69) is 15.3 Å². The Morgan fingerprint density at radius 1 is 1.53 bits per heavy atom. The summed E-state index contributed by atoms with van der Waals surface area (Å²) in [6, 6.07) is 1.69. The number of aliphatic carboxylic acids is 1. The molecule has 0 fully saturated rings. The molecule has 0 aliphatic rings. The van der Waals surface area contributed by atoms with Crippen molar-refractivity contribution in [3.8, 4) is 0 Å². The Morgan fingerprint density at radius 2 is 2.24 bits per heavy atom. The van der Waals surface area contributed by atoms with Crippen LogP contribution in [0.1, 0.15) is 20.3 Å². The highest BCUT2D eigenvalue weighted by Crippen LogP contribution is 2.17. The van der Waals surface area contributed by atoms with Crippen LogP contribution >= 0.6 is 11.8 Å². The highest BCUT2D eigenvalue weighted by Gasteiger charge is 2.17. The van der Waals surface area contributed by atoms with Crippen molar-refractivity contribution < 1.29 is 9.90 Å². The number of carbonyl (C=O) groups is 1. The van der Waals surface area contributed by atoms with Crippen LogP contribution in [-0.4, -0.2) is 33.3 Å². The van der Waals surface area contributed by atoms with Crippen molar-refractivity contribution in [3.63, 3.8) is 0 Å². The van der Waals surface area contributed by atoms with Gasteiger partial charge in [0.1, 0.15) is 17.2 Å². The molecule has 0 aromatic carbocycles. The second-order valence-electron chi connectivity index (χ2n) is 4.04. The first kappa shape index (κ1) is 13.8. The minimum absolute atomic E-state index is 0.0796. The third-order valence-electron chi connectivity index (χ3n) is 2.38. The molecule has 1 aromatic heterocycles. The molecule has 0 amide bonds. The molecule has 17 heavy (non-hydrogen) atoms. The van der Waals surface area contributed by atoms with Gasteiger partial charge in [0.25, 0.3) is 0 Å². The molecule has 1 unspecified atom stereocenters. The lowest BCUT2D eigenvalue weighted by molar-refractivity contribution is -0.137. The average Bonchev–Trinajstić information content (AvgIpc) is 2.27. The van der Waals surface area contributed by atoms with Gasteiger partial charge in [-0.2, -0.15) is 0 Å². The summed E-state index contributed by atoms with van der Waals surface area (Å²) in [4.78, 5) is 18.9. The zero-order valence-corrected chi connectivity index (χ0v) is 11.0. The number of hydrogen-bond donors (Lipinski definition) is 2. The Hall–Kier alpha value is -1.30. The van der Waals surface area contributed by atoms with Crippen LogP contribution in [0.5, 0.6) is 0 Å². The smallest absolute Gasteiger partial charge is 0.305 e. The molecule has 0 saturated carbocycles. The predicted molar refractivity (Wildman–Crippen MR) is 68.3 cm³/mol. The standard InChI is InChI=1S/C11H17N3O2S/c1-7(2)8(4-11(15)16)14-9-5-10(17-3)13-6-12-9/h5-8H,4H2,1-3H3,(H,15,16)(H,12,13,14). The molecule has 5 nitrogen and oxygen atoms in total. The summed E-state index contributed by atoms with van der Waals surface area (Å²) in [5, 5.41) is 12.8. The molecule has 0 bridgehead atoms. The minimum atomic E-state index is -0.810. The van der Waals surface area contributed by atoms with Gasteiger partial charge in [0.2, 0.25) is 0 Å². The van der Waals surface area contributed by atoms with Gasteiger partial charge in [0.15, 0.2) is 0 Å². The number of carboxylic acid groups (broad SMARTS) is 1. The zero-order valence-electron chi connectivity index (χ0n) is 10.2. The van der Waals surface area contributed by atoms with Crippen molar-refractivity contribution >= 4 is 23.5 Å². The van der Waals surface area contributed by atoms with Crippen molar-refractivity contribution in [2.24, 2.45) is 5.92 Å². The number of thioether (sulfide) groups is 1. The largest absolute Gasteiger partial charge is 0.481 e. The lowest BCUT2D eigenvalue weighted by Crippen LogP contribution is -2.29. The van der Waals surface area contributed by atoms with Crippen LogP contribution in [0.15, 0.2) is 17.4 Å². The summed E-state index contributed by atoms with van der Waals surface area (Å²) in [6.07, 6.45) is 3.49. The minimum Gasteiger partial charge on any atom is -0.481 e. The van der Waals surface area contributed by atoms with Crippen LogP contribution in [0.4, 0.5) is 5.82 Å². The van der Waals surface area contributed by atoms with E-state index >= 15 is 0 Å². The lowest BCUT2D eigenvalue weighted by atomic mass is 10.0. The van der Waals surface area contributed by atoms with Crippen molar-refractivity contribution in [1.29, 1.82) is 0 Å². The third-order valence-corrected chi connectivity index (χ3v) is 3.03. The number of nitrogens with zero attached hydrogens (tertiary/aromatic N) is 2. The normalized spacial score (nSPS) is 12.5. The Morgan fingerprint density at radius 3 is 2.76 bits per heavy atom. The second kappa shape index (κ2) is 6.44. The van der Waals surface area contributed by atoms with Crippen LogP contribution in [0, 0.1) is 5.92 Å². The summed E-state index contributed by atoms with van der Waals surface area (Å²) in [6.45, 7) is 3.97. The molecule has 6 heteroatoms. The summed E-state index contributed by atoms with van der Waals surface area (Å²) < 4.78 is 0. The van der Waals surface area contributed by atoms with Gasteiger partial charge < -0.3 is 10.4 Å². The maximum absolute atomic E-state index is 10.8. The first-order chi connectivity index (χ1) is 8.02. The van der Waals surface area contributed by atoms with Crippen molar-refractivity contribution in [1.82, 2.24) is 9.97 Å². The molecular weight excluding hydrogens is 238 g/mol. The van der Waals surface area contributed by atoms with Crippen LogP contribution in [0.25, 0.3) is 0 Å². The van der Waals surface area contributed by atoms with Crippen LogP contribution in [0.2, 0.25) is 0 Å². The highest BCUT2D eigenvalue weighted by atomic mass is 32.2. The molecule has 1 atom stereocenters. The molecule has 0 spiro atoms. The number of aromatic nitrogens is 2. The summed E-state index contributed by atoms with van der Waals surface area (Å²) in [7, 11) is 0. The summed E-state index contributed by atoms with van der Waals surface area (Å²) in [5.41, 5.74) is 0. The summed E-state index contributed by atoms with van der Waals surface area (Å²) in [5.74, 6) is 0.0819. The van der Waals surface area contributed by atoms with E-state index in [1.165, 1.54) is 18.1 Å². The highest BCUT2D eigenvalue weighted by molar-refractivity contribution is 7.98. The van der Waals surface area contributed by atoms with E-state index < -0.39 is 5.97 Å². The fraction of sp³-hybridized carbons (Fsp3) is 0.545. The van der Waals surface area contributed by atoms with E-state index in [1.54, 1.807) is 0 Å². The van der Waals surface area contributed by atoms with E-state index in [9.17, 15) is 4.79 Å². The van der Waals surface area contributed by atoms with Gasteiger partial charge in [0.05, 0.1) is 6.42 Å². The molecule has 0 aliphatic heterocycles. The van der Waals surface area contributed by atoms with Gasteiger partial charge in [-0.15, -0.1) is 11.8 Å². The van der Waals surface area contributed by atoms with Crippen LogP contribution in [-0.2, 0) is 4.79 Å².